The number of carboxylic acids is 1. The molecule has 0 radical (unpaired) electrons. The van der Waals surface area contributed by atoms with Crippen LogP contribution in [0.15, 0.2) is 58.9 Å². The van der Waals surface area contributed by atoms with Crippen molar-refractivity contribution < 1.29 is 53.8 Å². The third-order valence-corrected chi connectivity index (χ3v) is 11.4. The highest BCUT2D eigenvalue weighted by atomic mass is 32.2. The van der Waals surface area contributed by atoms with Crippen LogP contribution in [0.5, 0.6) is 5.75 Å². The number of carbonyl (C=O) groups is 1. The number of benzene rings is 3. The molecule has 1 fully saturated rings. The van der Waals surface area contributed by atoms with Gasteiger partial charge in [-0.1, -0.05) is 45.0 Å². The van der Waals surface area contributed by atoms with Crippen LogP contribution in [0.25, 0.3) is 21.7 Å². The zero-order chi connectivity index (χ0) is 37.7. The van der Waals surface area contributed by atoms with Crippen molar-refractivity contribution in [2.75, 3.05) is 11.8 Å². The molecule has 51 heavy (non-hydrogen) atoms. The smallest absolute Gasteiger partial charge is 0.417 e. The number of nitrogens with one attached hydrogen (secondary N) is 1. The van der Waals surface area contributed by atoms with E-state index in [0.717, 1.165) is 49.6 Å². The van der Waals surface area contributed by atoms with Crippen molar-refractivity contribution in [3.8, 4) is 27.4 Å². The molecule has 1 aliphatic rings. The summed E-state index contributed by atoms with van der Waals surface area (Å²) in [6, 6.07) is 7.68. The number of ether oxygens (including phenoxy) is 1. The second-order valence-electron chi connectivity index (χ2n) is 13.4. The van der Waals surface area contributed by atoms with Gasteiger partial charge in [-0.05, 0) is 77.8 Å². The molecule has 1 aromatic heterocycles. The first-order valence-corrected chi connectivity index (χ1v) is 18.0. The zero-order valence-corrected chi connectivity index (χ0v) is 29.3. The number of nitrogens with zero attached hydrogens (tertiary/aromatic N) is 1. The molecule has 0 bridgehead atoms. The molecule has 7 nitrogen and oxygen atoms in total. The maximum absolute atomic E-state index is 14.5. The molecule has 1 aliphatic carbocycles. The Hall–Kier alpha value is -4.18. The van der Waals surface area contributed by atoms with E-state index in [-0.39, 0.29) is 22.6 Å². The molecule has 0 aliphatic heterocycles. The Labute approximate surface area is 293 Å². The van der Waals surface area contributed by atoms with Crippen LogP contribution >= 0.6 is 11.3 Å². The highest BCUT2D eigenvalue weighted by Gasteiger charge is 2.39. The summed E-state index contributed by atoms with van der Waals surface area (Å²) in [5.41, 5.74) is -4.49. The van der Waals surface area contributed by atoms with E-state index in [1.165, 1.54) is 12.1 Å². The molecular weight excluding hydrogens is 726 g/mol. The van der Waals surface area contributed by atoms with Gasteiger partial charge in [-0.25, -0.2) is 14.2 Å². The van der Waals surface area contributed by atoms with Gasteiger partial charge in [0.15, 0.2) is 5.03 Å². The van der Waals surface area contributed by atoms with E-state index < -0.39 is 77.7 Å². The lowest BCUT2D eigenvalue weighted by Crippen LogP contribution is -2.25. The van der Waals surface area contributed by atoms with E-state index in [4.69, 9.17) is 9.84 Å². The first kappa shape index (κ1) is 38.1. The minimum absolute atomic E-state index is 0.0756. The van der Waals surface area contributed by atoms with Gasteiger partial charge in [0.25, 0.3) is 10.0 Å². The predicted molar refractivity (Wildman–Crippen MR) is 178 cm³/mol. The van der Waals surface area contributed by atoms with Crippen LogP contribution in [-0.2, 0) is 22.4 Å². The average Bonchev–Trinajstić information content (AvgIpc) is 3.54. The summed E-state index contributed by atoms with van der Waals surface area (Å²) in [5.74, 6) is -2.97. The van der Waals surface area contributed by atoms with Gasteiger partial charge >= 0.3 is 18.3 Å². The summed E-state index contributed by atoms with van der Waals surface area (Å²) in [7, 11) is -3.61. The number of anilines is 1. The summed E-state index contributed by atoms with van der Waals surface area (Å²) >= 11 is 0.525. The molecular formula is C35H33F7N2O5S2. The number of aromatic nitrogens is 1. The summed E-state index contributed by atoms with van der Waals surface area (Å²) in [4.78, 5) is 15.1. The summed E-state index contributed by atoms with van der Waals surface area (Å²) in [6.07, 6.45) is -6.82. The van der Waals surface area contributed by atoms with Crippen LogP contribution < -0.4 is 9.46 Å². The number of thiazole rings is 1. The van der Waals surface area contributed by atoms with Gasteiger partial charge in [-0.2, -0.15) is 34.8 Å². The second kappa shape index (κ2) is 13.7. The third-order valence-electron chi connectivity index (χ3n) is 9.16. The molecule has 0 spiro atoms. The number of aromatic carboxylic acids is 1. The van der Waals surface area contributed by atoms with Crippen molar-refractivity contribution >= 4 is 33.0 Å². The van der Waals surface area contributed by atoms with Gasteiger partial charge in [-0.3, -0.25) is 4.72 Å². The maximum Gasteiger partial charge on any atom is 0.417 e. The summed E-state index contributed by atoms with van der Waals surface area (Å²) in [6.45, 7) is 6.40. The number of methoxy groups -OCH3 is 1. The molecule has 1 saturated carbocycles. The zero-order valence-electron chi connectivity index (χ0n) is 27.7. The molecule has 16 heteroatoms. The van der Waals surface area contributed by atoms with Crippen LogP contribution in [-0.4, -0.2) is 31.6 Å². The Balaban J connectivity index is 1.49. The molecule has 3 aromatic carbocycles. The highest BCUT2D eigenvalue weighted by Crippen LogP contribution is 2.47. The van der Waals surface area contributed by atoms with Crippen LogP contribution in [0.4, 0.5) is 36.4 Å². The predicted octanol–water partition coefficient (Wildman–Crippen LogP) is 10.5. The fourth-order valence-corrected chi connectivity index (χ4v) is 8.59. The minimum Gasteiger partial charge on any atom is -0.495 e. The Bertz CT molecular complexity index is 2060. The average molecular weight is 759 g/mol. The Morgan fingerprint density at radius 1 is 0.902 bits per heavy atom. The number of alkyl halides is 6. The fourth-order valence-electron chi connectivity index (χ4n) is 6.40. The monoisotopic (exact) mass is 758 g/mol. The number of carboxylic acid groups (broad SMARTS) is 1. The molecule has 4 aromatic rings. The summed E-state index contributed by atoms with van der Waals surface area (Å²) in [5, 5.41) is 8.88. The quantitative estimate of drug-likeness (QED) is 0.173. The van der Waals surface area contributed by atoms with Gasteiger partial charge in [0.05, 0.1) is 29.5 Å². The van der Waals surface area contributed by atoms with Crippen LogP contribution in [0.3, 0.4) is 0 Å². The van der Waals surface area contributed by atoms with Gasteiger partial charge in [0, 0.05) is 17.0 Å². The number of rotatable bonds is 8. The van der Waals surface area contributed by atoms with Crippen LogP contribution in [0.1, 0.15) is 79.4 Å². The van der Waals surface area contributed by atoms with E-state index in [9.17, 15) is 43.9 Å². The lowest BCUT2D eigenvalue weighted by atomic mass is 9.68. The van der Waals surface area contributed by atoms with Crippen molar-refractivity contribution in [2.45, 2.75) is 69.8 Å². The highest BCUT2D eigenvalue weighted by molar-refractivity contribution is 7.92. The van der Waals surface area contributed by atoms with Gasteiger partial charge in [0.2, 0.25) is 0 Å². The van der Waals surface area contributed by atoms with Gasteiger partial charge in [-0.15, -0.1) is 11.3 Å². The molecule has 2 N–H and O–H groups in total. The maximum atomic E-state index is 14.5. The molecule has 0 atom stereocenters. The Morgan fingerprint density at radius 3 is 2.08 bits per heavy atom. The van der Waals surface area contributed by atoms with Crippen molar-refractivity contribution in [3.05, 3.63) is 82.0 Å². The van der Waals surface area contributed by atoms with E-state index >= 15 is 0 Å². The topological polar surface area (TPSA) is 106 Å². The molecule has 5 rings (SSSR count). The number of halogens is 7. The van der Waals surface area contributed by atoms with E-state index in [2.05, 4.69) is 25.8 Å². The lowest BCUT2D eigenvalue weighted by Gasteiger charge is -2.37. The summed E-state index contributed by atoms with van der Waals surface area (Å²) < 4.78 is 134. The molecule has 274 valence electrons. The van der Waals surface area contributed by atoms with Crippen molar-refractivity contribution in [2.24, 2.45) is 11.3 Å². The Morgan fingerprint density at radius 2 is 1.51 bits per heavy atom. The van der Waals surface area contributed by atoms with Crippen molar-refractivity contribution in [3.63, 3.8) is 0 Å². The first-order valence-electron chi connectivity index (χ1n) is 15.6. The van der Waals surface area contributed by atoms with E-state index in [1.807, 2.05) is 4.72 Å². The normalized spacial score (nSPS) is 17.3. The van der Waals surface area contributed by atoms with Crippen molar-refractivity contribution in [1.29, 1.82) is 0 Å². The lowest BCUT2D eigenvalue weighted by molar-refractivity contribution is -0.137. The van der Waals surface area contributed by atoms with Gasteiger partial charge < -0.3 is 9.84 Å². The van der Waals surface area contributed by atoms with Crippen LogP contribution in [0.2, 0.25) is 0 Å². The first-order chi connectivity index (χ1) is 23.6. The Kier molecular flexibility index (Phi) is 10.3. The minimum atomic E-state index is -5.07. The number of hydrogen-bond acceptors (Lipinski definition) is 6. The SMILES string of the molecule is COc1cc(C(=O)O)c(F)cc1NS(=O)(=O)c1csc(-c2ccc(-c3ccc(C4CCC(C(C)(C)C)CC4)cc3C(F)(F)F)cc2C(F)(F)F)n1. The van der Waals surface area contributed by atoms with Crippen LogP contribution in [0, 0.1) is 17.2 Å². The fraction of sp³-hybridized carbons (Fsp3) is 0.371. The second-order valence-corrected chi connectivity index (χ2v) is 15.9. The number of sulfonamides is 1. The molecule has 0 saturated heterocycles. The molecule has 0 amide bonds. The van der Waals surface area contributed by atoms with E-state index in [0.29, 0.717) is 47.8 Å². The third kappa shape index (κ3) is 8.16. The molecule has 1 heterocycles. The van der Waals surface area contributed by atoms with Gasteiger partial charge in [0.1, 0.15) is 16.6 Å². The largest absolute Gasteiger partial charge is 0.495 e. The standard InChI is InChI=1S/C35H33F7N2O5S2/c1-33(2,3)21-9-5-18(6-10-21)19-7-11-22(25(13-19)34(37,38)39)20-8-12-23(26(14-20)35(40,41)42)31-43-30(17-50-31)51(47,48)44-28-16-27(36)24(32(45)46)15-29(28)49-4/h7-8,11-18,21,44H,5-6,9-10H2,1-4H3,(H,45,46). The molecule has 0 unspecified atom stereocenters. The van der Waals surface area contributed by atoms with E-state index in [1.54, 1.807) is 0 Å². The number of hydrogen-bond donors (Lipinski definition) is 2. The van der Waals surface area contributed by atoms with Crippen molar-refractivity contribution in [1.82, 2.24) is 4.98 Å².